The van der Waals surface area contributed by atoms with Crippen LogP contribution in [0.2, 0.25) is 0 Å². The molecule has 1 heterocycles. The van der Waals surface area contributed by atoms with Gasteiger partial charge in [-0.05, 0) is 78.8 Å². The van der Waals surface area contributed by atoms with Crippen LogP contribution in [-0.2, 0) is 4.74 Å². The van der Waals surface area contributed by atoms with Crippen LogP contribution in [0.25, 0.3) is 0 Å². The van der Waals surface area contributed by atoms with Crippen molar-refractivity contribution in [3.8, 4) is 0 Å². The molecule has 4 fully saturated rings. The maximum Gasteiger partial charge on any atom is 0.0811 e. The number of allylic oxidation sites excluding steroid dienone is 3. The molecule has 0 radical (unpaired) electrons. The summed E-state index contributed by atoms with van der Waals surface area (Å²) in [5.41, 5.74) is 3.78. The third-order valence-corrected chi connectivity index (χ3v) is 9.56. The molecule has 7 atom stereocenters. The van der Waals surface area contributed by atoms with Crippen LogP contribution >= 0.6 is 0 Å². The van der Waals surface area contributed by atoms with Crippen LogP contribution in [0.15, 0.2) is 35.5 Å². The second-order valence-electron chi connectivity index (χ2n) is 12.0. The number of nitrogens with zero attached hydrogens (tertiary/aromatic N) is 1. The average molecular weight is 458 g/mol. The molecule has 3 aliphatic carbocycles. The van der Waals surface area contributed by atoms with Crippen molar-refractivity contribution in [1.82, 2.24) is 4.90 Å². The van der Waals surface area contributed by atoms with Crippen molar-refractivity contribution in [3.63, 3.8) is 0 Å². The molecule has 0 unspecified atom stereocenters. The summed E-state index contributed by atoms with van der Waals surface area (Å²) in [6.45, 7) is 17.8. The zero-order valence-electron chi connectivity index (χ0n) is 21.4. The summed E-state index contributed by atoms with van der Waals surface area (Å²) >= 11 is 0. The molecule has 0 spiro atoms. The summed E-state index contributed by atoms with van der Waals surface area (Å²) in [4.78, 5) is 2.71. The van der Waals surface area contributed by atoms with Gasteiger partial charge in [-0.1, -0.05) is 52.0 Å². The second kappa shape index (κ2) is 10.4. The van der Waals surface area contributed by atoms with Crippen LogP contribution in [0.4, 0.5) is 0 Å². The van der Waals surface area contributed by atoms with E-state index in [4.69, 9.17) is 4.74 Å². The molecule has 1 saturated heterocycles. The standard InChI is InChI=1S/C29H47NO3/c1-19(2)27-18-33-14-13-30(27)17-20(3)25-10-11-26-22(7-6-12-29(25,26)5)8-9-23-15-24(31)16-28(32)21(23)4/h8-9,19-20,24-28,31-32H,4,6-7,10-18H2,1-3,5H3/b22-8+,23-9-/t20-,24-,25-,26+,27-,28+,29-/m1/s1. The minimum Gasteiger partial charge on any atom is -0.393 e. The van der Waals surface area contributed by atoms with Gasteiger partial charge >= 0.3 is 0 Å². The first-order chi connectivity index (χ1) is 15.7. The number of hydrogen-bond donors (Lipinski definition) is 2. The summed E-state index contributed by atoms with van der Waals surface area (Å²) in [5, 5.41) is 20.3. The Morgan fingerprint density at radius 1 is 1.21 bits per heavy atom. The van der Waals surface area contributed by atoms with Gasteiger partial charge in [0.15, 0.2) is 0 Å². The molecular weight excluding hydrogens is 410 g/mol. The minimum atomic E-state index is -0.610. The van der Waals surface area contributed by atoms with E-state index < -0.39 is 12.2 Å². The van der Waals surface area contributed by atoms with E-state index >= 15 is 0 Å². The van der Waals surface area contributed by atoms with Gasteiger partial charge in [0, 0.05) is 25.6 Å². The minimum absolute atomic E-state index is 0.379. The average Bonchev–Trinajstić information content (AvgIpc) is 3.13. The summed E-state index contributed by atoms with van der Waals surface area (Å²) in [7, 11) is 0. The Morgan fingerprint density at radius 2 is 2.00 bits per heavy atom. The predicted octanol–water partition coefficient (Wildman–Crippen LogP) is 5.12. The van der Waals surface area contributed by atoms with Crippen molar-refractivity contribution < 1.29 is 14.9 Å². The normalized spacial score (nSPS) is 41.7. The molecule has 0 amide bonds. The van der Waals surface area contributed by atoms with Gasteiger partial charge in [0.2, 0.25) is 0 Å². The van der Waals surface area contributed by atoms with Crippen molar-refractivity contribution in [3.05, 3.63) is 35.5 Å². The van der Waals surface area contributed by atoms with Gasteiger partial charge in [0.1, 0.15) is 0 Å². The lowest BCUT2D eigenvalue weighted by Crippen LogP contribution is -2.51. The van der Waals surface area contributed by atoms with Gasteiger partial charge in [0.05, 0.1) is 25.4 Å². The molecule has 33 heavy (non-hydrogen) atoms. The number of fused-ring (bicyclic) bond motifs is 1. The third kappa shape index (κ3) is 5.19. The number of rotatable bonds is 5. The Bertz CT molecular complexity index is 771. The van der Waals surface area contributed by atoms with E-state index in [2.05, 4.69) is 51.3 Å². The highest BCUT2D eigenvalue weighted by Gasteiger charge is 2.51. The summed E-state index contributed by atoms with van der Waals surface area (Å²) in [6, 6.07) is 0.550. The smallest absolute Gasteiger partial charge is 0.0811 e. The van der Waals surface area contributed by atoms with Crippen molar-refractivity contribution in [2.45, 2.75) is 90.9 Å². The van der Waals surface area contributed by atoms with Crippen LogP contribution in [0.5, 0.6) is 0 Å². The molecule has 0 aromatic rings. The van der Waals surface area contributed by atoms with Crippen molar-refractivity contribution in [2.24, 2.45) is 29.1 Å². The molecule has 4 aliphatic rings. The van der Waals surface area contributed by atoms with Gasteiger partial charge in [-0.25, -0.2) is 0 Å². The SMILES string of the molecule is C=C1/C(=C\C=C2/CCC[C@]3(C)[C@@H]([C@H](C)CN4CCOC[C@@H]4C(C)C)CC[C@@H]23)C[C@@H](O)C[C@@H]1O. The maximum absolute atomic E-state index is 10.2. The molecule has 0 aromatic heterocycles. The Morgan fingerprint density at radius 3 is 2.76 bits per heavy atom. The number of ether oxygens (including phenoxy) is 1. The fourth-order valence-electron chi connectivity index (χ4n) is 7.67. The summed E-state index contributed by atoms with van der Waals surface area (Å²) in [6.07, 6.45) is 10.8. The van der Waals surface area contributed by atoms with E-state index in [9.17, 15) is 10.2 Å². The highest BCUT2D eigenvalue weighted by Crippen LogP contribution is 2.59. The largest absolute Gasteiger partial charge is 0.393 e. The van der Waals surface area contributed by atoms with Crippen molar-refractivity contribution in [1.29, 1.82) is 0 Å². The lowest BCUT2D eigenvalue weighted by Gasteiger charge is -2.46. The van der Waals surface area contributed by atoms with Gasteiger partial charge in [-0.3, -0.25) is 4.90 Å². The second-order valence-corrected chi connectivity index (χ2v) is 12.0. The quantitative estimate of drug-likeness (QED) is 0.602. The number of aliphatic hydroxyl groups excluding tert-OH is 2. The molecule has 4 heteroatoms. The Hall–Kier alpha value is -0.940. The Balaban J connectivity index is 1.47. The van der Waals surface area contributed by atoms with Crippen LogP contribution in [0.3, 0.4) is 0 Å². The first-order valence-electron chi connectivity index (χ1n) is 13.5. The van der Waals surface area contributed by atoms with Crippen LogP contribution in [0.1, 0.15) is 72.6 Å². The first-order valence-corrected chi connectivity index (χ1v) is 13.5. The van der Waals surface area contributed by atoms with E-state index in [0.29, 0.717) is 42.1 Å². The van der Waals surface area contributed by atoms with Crippen LogP contribution < -0.4 is 0 Å². The van der Waals surface area contributed by atoms with E-state index in [-0.39, 0.29) is 0 Å². The fourth-order valence-corrected chi connectivity index (χ4v) is 7.67. The lowest BCUT2D eigenvalue weighted by atomic mass is 9.61. The van der Waals surface area contributed by atoms with Crippen LogP contribution in [0, 0.1) is 29.1 Å². The monoisotopic (exact) mass is 457 g/mol. The van der Waals surface area contributed by atoms with Gasteiger partial charge in [-0.2, -0.15) is 0 Å². The van der Waals surface area contributed by atoms with E-state index in [1.165, 1.54) is 38.6 Å². The highest BCUT2D eigenvalue weighted by molar-refractivity contribution is 5.38. The first kappa shape index (κ1) is 25.2. The van der Waals surface area contributed by atoms with Crippen LogP contribution in [-0.4, -0.2) is 59.7 Å². The fraction of sp³-hybridized carbons (Fsp3) is 0.793. The zero-order chi connectivity index (χ0) is 23.8. The van der Waals surface area contributed by atoms with Gasteiger partial charge in [0.25, 0.3) is 0 Å². The Labute approximate surface area is 201 Å². The van der Waals surface area contributed by atoms with Gasteiger partial charge in [-0.15, -0.1) is 0 Å². The molecule has 186 valence electrons. The Kier molecular flexibility index (Phi) is 7.90. The molecule has 2 N–H and O–H groups in total. The molecule has 4 nitrogen and oxygen atoms in total. The molecular formula is C29H47NO3. The van der Waals surface area contributed by atoms with Crippen molar-refractivity contribution >= 4 is 0 Å². The van der Waals surface area contributed by atoms with Crippen molar-refractivity contribution in [2.75, 3.05) is 26.3 Å². The summed E-state index contributed by atoms with van der Waals surface area (Å²) in [5.74, 6) is 2.75. The number of aliphatic hydroxyl groups is 2. The van der Waals surface area contributed by atoms with E-state index in [1.807, 2.05) is 0 Å². The molecule has 0 aromatic carbocycles. The van der Waals surface area contributed by atoms with E-state index in [0.717, 1.165) is 36.8 Å². The lowest BCUT2D eigenvalue weighted by molar-refractivity contribution is -0.0389. The van der Waals surface area contributed by atoms with E-state index in [1.54, 1.807) is 5.57 Å². The summed E-state index contributed by atoms with van der Waals surface area (Å²) < 4.78 is 5.81. The predicted molar refractivity (Wildman–Crippen MR) is 135 cm³/mol. The maximum atomic E-state index is 10.2. The molecule has 1 aliphatic heterocycles. The molecule has 3 saturated carbocycles. The van der Waals surface area contributed by atoms with Gasteiger partial charge < -0.3 is 14.9 Å². The zero-order valence-corrected chi connectivity index (χ0v) is 21.4. The molecule has 4 rings (SSSR count). The highest BCUT2D eigenvalue weighted by atomic mass is 16.5. The third-order valence-electron chi connectivity index (χ3n) is 9.56. The molecule has 0 bridgehead atoms. The number of hydrogen-bond acceptors (Lipinski definition) is 4. The number of morpholine rings is 1. The topological polar surface area (TPSA) is 52.9 Å².